The van der Waals surface area contributed by atoms with Crippen molar-refractivity contribution in [1.29, 1.82) is 0 Å². The largest absolute Gasteiger partial charge is 0.493 e. The number of methoxy groups -OCH3 is 1. The van der Waals surface area contributed by atoms with Crippen molar-refractivity contribution in [2.24, 2.45) is 11.7 Å². The Morgan fingerprint density at radius 2 is 2.19 bits per heavy atom. The molecule has 1 aromatic rings. The third-order valence-corrected chi connectivity index (χ3v) is 4.49. The van der Waals surface area contributed by atoms with Crippen LogP contribution in [0.3, 0.4) is 0 Å². The zero-order valence-electron chi connectivity index (χ0n) is 16.1. The number of nitrogens with two attached hydrogens (primary N) is 1. The van der Waals surface area contributed by atoms with Crippen LogP contribution in [0.4, 0.5) is 0 Å². The molecule has 148 valence electrons. The van der Waals surface area contributed by atoms with Gasteiger partial charge in [-0.3, -0.25) is 9.59 Å². The summed E-state index contributed by atoms with van der Waals surface area (Å²) in [5, 5.41) is 2.79. The molecule has 1 aliphatic heterocycles. The van der Waals surface area contributed by atoms with E-state index < -0.39 is 0 Å². The maximum absolute atomic E-state index is 12.5. The lowest BCUT2D eigenvalue weighted by Gasteiger charge is -2.32. The molecule has 1 fully saturated rings. The van der Waals surface area contributed by atoms with Gasteiger partial charge in [0.05, 0.1) is 13.0 Å². The van der Waals surface area contributed by atoms with Crippen LogP contribution in [0.25, 0.3) is 6.08 Å². The summed E-state index contributed by atoms with van der Waals surface area (Å²) in [6, 6.07) is 5.56. The van der Waals surface area contributed by atoms with Gasteiger partial charge in [0.2, 0.25) is 5.91 Å². The summed E-state index contributed by atoms with van der Waals surface area (Å²) in [6.07, 6.45) is 5.48. The summed E-state index contributed by atoms with van der Waals surface area (Å²) in [4.78, 5) is 26.3. The molecule has 1 atom stereocenters. The molecule has 3 N–H and O–H groups in total. The Morgan fingerprint density at radius 1 is 1.37 bits per heavy atom. The van der Waals surface area contributed by atoms with Gasteiger partial charge in [0, 0.05) is 26.2 Å². The summed E-state index contributed by atoms with van der Waals surface area (Å²) >= 11 is 0. The van der Waals surface area contributed by atoms with E-state index in [9.17, 15) is 9.59 Å². The second-order valence-corrected chi connectivity index (χ2v) is 6.46. The van der Waals surface area contributed by atoms with Gasteiger partial charge in [-0.15, -0.1) is 0 Å². The van der Waals surface area contributed by atoms with Gasteiger partial charge in [0.15, 0.2) is 18.1 Å². The monoisotopic (exact) mass is 375 g/mol. The highest BCUT2D eigenvalue weighted by Gasteiger charge is 2.28. The van der Waals surface area contributed by atoms with Crippen LogP contribution in [0.5, 0.6) is 11.5 Å². The predicted octanol–water partition coefficient (Wildman–Crippen LogP) is 1.42. The molecule has 2 rings (SSSR count). The van der Waals surface area contributed by atoms with Gasteiger partial charge in [-0.25, -0.2) is 0 Å². The first kappa shape index (κ1) is 20.8. The van der Waals surface area contributed by atoms with Crippen LogP contribution in [0.15, 0.2) is 24.3 Å². The van der Waals surface area contributed by atoms with Crippen LogP contribution in [0, 0.1) is 5.92 Å². The first-order valence-electron chi connectivity index (χ1n) is 9.28. The fraction of sp³-hybridized carbons (Fsp3) is 0.500. The molecule has 2 amide bonds. The van der Waals surface area contributed by atoms with Gasteiger partial charge in [-0.2, -0.15) is 0 Å². The maximum atomic E-state index is 12.5. The predicted molar refractivity (Wildman–Crippen MR) is 105 cm³/mol. The van der Waals surface area contributed by atoms with Gasteiger partial charge < -0.3 is 25.4 Å². The topological polar surface area (TPSA) is 93.9 Å². The molecular formula is C20H29N3O4. The smallest absolute Gasteiger partial charge is 0.260 e. The second-order valence-electron chi connectivity index (χ2n) is 6.46. The third-order valence-electron chi connectivity index (χ3n) is 4.49. The van der Waals surface area contributed by atoms with Crippen LogP contribution in [0.2, 0.25) is 0 Å². The normalized spacial score (nSPS) is 17.0. The lowest BCUT2D eigenvalue weighted by molar-refractivity contribution is -0.137. The van der Waals surface area contributed by atoms with Crippen molar-refractivity contribution in [2.45, 2.75) is 19.8 Å². The molecular weight excluding hydrogens is 346 g/mol. The molecule has 27 heavy (non-hydrogen) atoms. The molecule has 1 saturated heterocycles. The molecule has 1 aliphatic rings. The highest BCUT2D eigenvalue weighted by atomic mass is 16.5. The summed E-state index contributed by atoms with van der Waals surface area (Å²) in [5.41, 5.74) is 6.41. The molecule has 0 bridgehead atoms. The van der Waals surface area contributed by atoms with E-state index in [-0.39, 0.29) is 24.3 Å². The van der Waals surface area contributed by atoms with Gasteiger partial charge in [0.1, 0.15) is 0 Å². The minimum atomic E-state index is -0.191. The zero-order chi connectivity index (χ0) is 19.6. The fourth-order valence-corrected chi connectivity index (χ4v) is 3.09. The minimum absolute atomic E-state index is 0.0416. The number of amides is 2. The highest BCUT2D eigenvalue weighted by Crippen LogP contribution is 2.28. The number of allylic oxidation sites excluding steroid dienone is 1. The molecule has 0 saturated carbocycles. The molecule has 7 nitrogen and oxygen atoms in total. The van der Waals surface area contributed by atoms with Crippen molar-refractivity contribution in [1.82, 2.24) is 10.2 Å². The number of rotatable bonds is 8. The van der Waals surface area contributed by atoms with Gasteiger partial charge in [-0.05, 0) is 37.5 Å². The maximum Gasteiger partial charge on any atom is 0.260 e. The van der Waals surface area contributed by atoms with Crippen LogP contribution >= 0.6 is 0 Å². The first-order chi connectivity index (χ1) is 13.1. The van der Waals surface area contributed by atoms with Gasteiger partial charge in [0.25, 0.3) is 5.91 Å². The van der Waals surface area contributed by atoms with Crippen molar-refractivity contribution >= 4 is 17.9 Å². The minimum Gasteiger partial charge on any atom is -0.493 e. The van der Waals surface area contributed by atoms with E-state index in [0.717, 1.165) is 18.4 Å². The van der Waals surface area contributed by atoms with Crippen LogP contribution < -0.4 is 20.5 Å². The Hall–Kier alpha value is -2.54. The highest BCUT2D eigenvalue weighted by molar-refractivity contribution is 5.82. The average molecular weight is 375 g/mol. The van der Waals surface area contributed by atoms with Crippen LogP contribution in [-0.4, -0.2) is 56.6 Å². The van der Waals surface area contributed by atoms with E-state index >= 15 is 0 Å². The van der Waals surface area contributed by atoms with Crippen molar-refractivity contribution in [3.8, 4) is 11.5 Å². The Labute approximate surface area is 160 Å². The van der Waals surface area contributed by atoms with E-state index in [4.69, 9.17) is 15.2 Å². The summed E-state index contributed by atoms with van der Waals surface area (Å²) in [6.45, 7) is 3.77. The summed E-state index contributed by atoms with van der Waals surface area (Å²) in [5.74, 6) is 0.736. The molecule has 1 aromatic carbocycles. The van der Waals surface area contributed by atoms with Crippen LogP contribution in [-0.2, 0) is 9.59 Å². The van der Waals surface area contributed by atoms with E-state index in [0.29, 0.717) is 37.7 Å². The number of ether oxygens (including phenoxy) is 2. The first-order valence-corrected chi connectivity index (χ1v) is 9.28. The molecule has 0 radical (unpaired) electrons. The quantitative estimate of drug-likeness (QED) is 0.717. The van der Waals surface area contributed by atoms with E-state index in [1.165, 1.54) is 0 Å². The Morgan fingerprint density at radius 3 is 2.89 bits per heavy atom. The molecule has 0 aromatic heterocycles. The Bertz CT molecular complexity index is 675. The standard InChI is InChI=1S/C20H29N3O4/c1-3-5-15-7-8-17(18(12-15)26-2)27-14-19(24)23-11-4-6-16(13-23)20(25)22-10-9-21/h3,5,7-8,12,16H,4,6,9-11,13-14,21H2,1-2H3,(H,22,25)/b5-3+. The van der Waals surface area contributed by atoms with Crippen molar-refractivity contribution in [2.75, 3.05) is 39.9 Å². The molecule has 7 heteroatoms. The van der Waals surface area contributed by atoms with Gasteiger partial charge in [-0.1, -0.05) is 18.2 Å². The van der Waals surface area contributed by atoms with Crippen molar-refractivity contribution < 1.29 is 19.1 Å². The zero-order valence-corrected chi connectivity index (χ0v) is 16.1. The molecule has 1 heterocycles. The van der Waals surface area contributed by atoms with E-state index in [1.807, 2.05) is 31.2 Å². The fourth-order valence-electron chi connectivity index (χ4n) is 3.09. The summed E-state index contributed by atoms with van der Waals surface area (Å²) in [7, 11) is 1.57. The molecule has 1 unspecified atom stereocenters. The SMILES string of the molecule is C/C=C/c1ccc(OCC(=O)N2CCCC(C(=O)NCCN)C2)c(OC)c1. The number of carbonyl (C=O) groups is 2. The Balaban J connectivity index is 1.92. The number of piperidine rings is 1. The van der Waals surface area contributed by atoms with E-state index in [1.54, 1.807) is 18.1 Å². The van der Waals surface area contributed by atoms with E-state index in [2.05, 4.69) is 5.32 Å². The number of likely N-dealkylation sites (tertiary alicyclic amines) is 1. The molecule has 0 spiro atoms. The number of hydrogen-bond donors (Lipinski definition) is 2. The third kappa shape index (κ3) is 5.99. The van der Waals surface area contributed by atoms with Crippen molar-refractivity contribution in [3.05, 3.63) is 29.8 Å². The number of hydrogen-bond acceptors (Lipinski definition) is 5. The summed E-state index contributed by atoms with van der Waals surface area (Å²) < 4.78 is 11.0. The second kappa shape index (κ2) is 10.6. The number of benzene rings is 1. The lowest BCUT2D eigenvalue weighted by atomic mass is 9.97. The number of nitrogens with one attached hydrogen (secondary N) is 1. The van der Waals surface area contributed by atoms with Crippen LogP contribution in [0.1, 0.15) is 25.3 Å². The lowest BCUT2D eigenvalue weighted by Crippen LogP contribution is -2.47. The molecule has 0 aliphatic carbocycles. The van der Waals surface area contributed by atoms with Gasteiger partial charge >= 0.3 is 0 Å². The average Bonchev–Trinajstić information content (AvgIpc) is 2.70. The number of carbonyl (C=O) groups excluding carboxylic acids is 2. The number of nitrogens with zero attached hydrogens (tertiary/aromatic N) is 1. The van der Waals surface area contributed by atoms with Crippen molar-refractivity contribution in [3.63, 3.8) is 0 Å². The Kier molecular flexibility index (Phi) is 8.13.